The number of hydrogen-bond donors (Lipinski definition) is 0. The zero-order chi connectivity index (χ0) is 18.7. The van der Waals surface area contributed by atoms with Crippen molar-refractivity contribution in [3.8, 4) is 17.2 Å². The van der Waals surface area contributed by atoms with Gasteiger partial charge < -0.3 is 0 Å². The summed E-state index contributed by atoms with van der Waals surface area (Å²) < 4.78 is 3.51. The second-order valence-corrected chi connectivity index (χ2v) is 6.63. The van der Waals surface area contributed by atoms with Crippen LogP contribution < -0.4 is 5.56 Å². The van der Waals surface area contributed by atoms with E-state index in [4.69, 9.17) is 4.98 Å². The second kappa shape index (κ2) is 5.47. The third kappa shape index (κ3) is 1.91. The molecule has 28 heavy (non-hydrogen) atoms. The van der Waals surface area contributed by atoms with Crippen molar-refractivity contribution in [1.82, 2.24) is 24.1 Å². The Bertz CT molecular complexity index is 1530. The predicted molar refractivity (Wildman–Crippen MR) is 108 cm³/mol. The highest BCUT2D eigenvalue weighted by atomic mass is 16.1. The highest BCUT2D eigenvalue weighted by Gasteiger charge is 2.22. The molecule has 1 aromatic heterocycles. The summed E-state index contributed by atoms with van der Waals surface area (Å²) in [5, 5.41) is 10.4. The highest BCUT2D eigenvalue weighted by molar-refractivity contribution is 5.96. The molecule has 3 aromatic carbocycles. The van der Waals surface area contributed by atoms with E-state index in [0.29, 0.717) is 17.0 Å². The maximum Gasteiger partial charge on any atom is 0.267 e. The molecule has 132 valence electrons. The molecule has 0 aliphatic carbocycles. The monoisotopic (exact) mass is 363 g/mol. The van der Waals surface area contributed by atoms with E-state index < -0.39 is 0 Å². The van der Waals surface area contributed by atoms with E-state index in [2.05, 4.69) is 10.2 Å². The Morgan fingerprint density at radius 3 is 2.29 bits per heavy atom. The van der Waals surface area contributed by atoms with Crippen LogP contribution in [0, 0.1) is 0 Å². The fourth-order valence-electron chi connectivity index (χ4n) is 3.78. The van der Waals surface area contributed by atoms with Crippen molar-refractivity contribution < 1.29 is 0 Å². The fourth-order valence-corrected chi connectivity index (χ4v) is 3.78. The smallest absolute Gasteiger partial charge is 0.267 e. The standard InChI is InChI=1S/C22H13N5O/c28-21-16-11-5-7-13-18(16)27-20-19(15-10-4-6-12-17(15)23-20)24-25-22(27)26(21)14-8-2-1-3-9-14/h1-13H. The lowest BCUT2D eigenvalue weighted by atomic mass is 10.2. The van der Waals surface area contributed by atoms with Gasteiger partial charge in [-0.3, -0.25) is 9.20 Å². The van der Waals surface area contributed by atoms with Crippen molar-refractivity contribution in [2.45, 2.75) is 0 Å². The van der Waals surface area contributed by atoms with Crippen LogP contribution in [0.1, 0.15) is 0 Å². The van der Waals surface area contributed by atoms with Crippen molar-refractivity contribution in [2.75, 3.05) is 0 Å². The van der Waals surface area contributed by atoms with E-state index >= 15 is 0 Å². The summed E-state index contributed by atoms with van der Waals surface area (Å²) in [7, 11) is 0. The van der Waals surface area contributed by atoms with Gasteiger partial charge in [-0.1, -0.05) is 48.5 Å². The van der Waals surface area contributed by atoms with Gasteiger partial charge in [-0.15, -0.1) is 10.2 Å². The van der Waals surface area contributed by atoms with Crippen LogP contribution in [0.3, 0.4) is 0 Å². The summed E-state index contributed by atoms with van der Waals surface area (Å²) in [5.74, 6) is 1.12. The number of benzene rings is 3. The summed E-state index contributed by atoms with van der Waals surface area (Å²) in [6, 6.07) is 24.9. The van der Waals surface area contributed by atoms with Gasteiger partial charge >= 0.3 is 0 Å². The zero-order valence-electron chi connectivity index (χ0n) is 14.6. The third-order valence-corrected chi connectivity index (χ3v) is 5.04. The van der Waals surface area contributed by atoms with Gasteiger partial charge in [-0.25, -0.2) is 9.55 Å². The Labute approximate surface area is 158 Å². The predicted octanol–water partition coefficient (Wildman–Crippen LogP) is 3.69. The maximum atomic E-state index is 13.3. The van der Waals surface area contributed by atoms with Crippen molar-refractivity contribution in [3.05, 3.63) is 89.2 Å². The molecule has 6 nitrogen and oxygen atoms in total. The molecule has 0 N–H and O–H groups in total. The van der Waals surface area contributed by atoms with Crippen LogP contribution in [0.4, 0.5) is 0 Å². The van der Waals surface area contributed by atoms with Gasteiger partial charge in [0.2, 0.25) is 5.78 Å². The average Bonchev–Trinajstić information content (AvgIpc) is 3.13. The van der Waals surface area contributed by atoms with Crippen molar-refractivity contribution in [2.24, 2.45) is 0 Å². The summed E-state index contributed by atoms with van der Waals surface area (Å²) in [6.45, 7) is 0. The van der Waals surface area contributed by atoms with Crippen LogP contribution >= 0.6 is 0 Å². The summed E-state index contributed by atoms with van der Waals surface area (Å²) in [5.41, 5.74) is 2.94. The molecule has 6 rings (SSSR count). The third-order valence-electron chi connectivity index (χ3n) is 5.04. The van der Waals surface area contributed by atoms with Gasteiger partial charge in [-0.05, 0) is 30.3 Å². The zero-order valence-corrected chi connectivity index (χ0v) is 14.6. The minimum atomic E-state index is -0.133. The first-order chi connectivity index (χ1) is 13.8. The largest absolute Gasteiger partial charge is 0.268 e. The quantitative estimate of drug-likeness (QED) is 0.418. The SMILES string of the molecule is O=c1c2ccccc2n2c3nc4ccccc4c-3nnc2n1-c1ccccc1. The van der Waals surface area contributed by atoms with E-state index in [-0.39, 0.29) is 5.56 Å². The van der Waals surface area contributed by atoms with Crippen LogP contribution in [-0.2, 0) is 0 Å². The number of hydrogen-bond acceptors (Lipinski definition) is 4. The molecule has 0 bridgehead atoms. The summed E-state index contributed by atoms with van der Waals surface area (Å²) >= 11 is 0. The van der Waals surface area contributed by atoms with Crippen LogP contribution in [0.25, 0.3) is 44.8 Å². The molecule has 3 heterocycles. The molecule has 0 saturated heterocycles. The number of rotatable bonds is 1. The average molecular weight is 363 g/mol. The van der Waals surface area contributed by atoms with Crippen LogP contribution in [0.5, 0.6) is 0 Å². The number of para-hydroxylation sites is 3. The lowest BCUT2D eigenvalue weighted by Crippen LogP contribution is -2.24. The maximum absolute atomic E-state index is 13.3. The Balaban J connectivity index is 1.91. The molecule has 2 aliphatic heterocycles. The molecule has 0 amide bonds. The highest BCUT2D eigenvalue weighted by Crippen LogP contribution is 2.30. The molecule has 0 saturated carbocycles. The Hall–Kier alpha value is -4.06. The van der Waals surface area contributed by atoms with Gasteiger partial charge in [0.1, 0.15) is 5.69 Å². The normalized spacial score (nSPS) is 11.7. The van der Waals surface area contributed by atoms with Crippen molar-refractivity contribution in [1.29, 1.82) is 0 Å². The molecule has 0 radical (unpaired) electrons. The van der Waals surface area contributed by atoms with Crippen LogP contribution in [-0.4, -0.2) is 24.1 Å². The Kier molecular flexibility index (Phi) is 2.94. The van der Waals surface area contributed by atoms with E-state index in [1.54, 1.807) is 4.57 Å². The van der Waals surface area contributed by atoms with Crippen molar-refractivity contribution in [3.63, 3.8) is 0 Å². The molecule has 0 fully saturated rings. The van der Waals surface area contributed by atoms with Crippen LogP contribution in [0.15, 0.2) is 83.7 Å². The molecular formula is C22H13N5O. The van der Waals surface area contributed by atoms with E-state index in [1.807, 2.05) is 83.3 Å². The summed E-state index contributed by atoms with van der Waals surface area (Å²) in [4.78, 5) is 18.1. The van der Waals surface area contributed by atoms with Gasteiger partial charge in [0.25, 0.3) is 5.56 Å². The van der Waals surface area contributed by atoms with E-state index in [1.165, 1.54) is 0 Å². The van der Waals surface area contributed by atoms with Gasteiger partial charge in [-0.2, -0.15) is 0 Å². The van der Waals surface area contributed by atoms with Gasteiger partial charge in [0, 0.05) is 5.39 Å². The molecule has 6 heteroatoms. The first-order valence-corrected chi connectivity index (χ1v) is 8.96. The Morgan fingerprint density at radius 1 is 0.714 bits per heavy atom. The molecule has 4 aromatic rings. The lowest BCUT2D eigenvalue weighted by Gasteiger charge is -2.15. The van der Waals surface area contributed by atoms with E-state index in [0.717, 1.165) is 27.8 Å². The van der Waals surface area contributed by atoms with Gasteiger partial charge in [0.05, 0.1) is 22.1 Å². The molecular weight excluding hydrogens is 350 g/mol. The number of aromatic nitrogens is 5. The number of nitrogens with zero attached hydrogens (tertiary/aromatic N) is 5. The number of fused-ring (bicyclic) bond motifs is 7. The van der Waals surface area contributed by atoms with Crippen LogP contribution in [0.2, 0.25) is 0 Å². The fraction of sp³-hybridized carbons (Fsp3) is 0. The molecule has 0 unspecified atom stereocenters. The van der Waals surface area contributed by atoms with Crippen molar-refractivity contribution >= 4 is 27.6 Å². The lowest BCUT2D eigenvalue weighted by molar-refractivity contribution is 0.883. The first-order valence-electron chi connectivity index (χ1n) is 8.96. The van der Waals surface area contributed by atoms with Gasteiger partial charge in [0.15, 0.2) is 5.82 Å². The Morgan fingerprint density at radius 2 is 1.43 bits per heavy atom. The molecule has 2 aliphatic rings. The first kappa shape index (κ1) is 15.0. The summed E-state index contributed by atoms with van der Waals surface area (Å²) in [6.07, 6.45) is 0. The minimum Gasteiger partial charge on any atom is -0.268 e. The van der Waals surface area contributed by atoms with E-state index in [9.17, 15) is 4.79 Å². The molecule has 0 spiro atoms. The molecule has 0 atom stereocenters. The minimum absolute atomic E-state index is 0.133. The second-order valence-electron chi connectivity index (χ2n) is 6.63. The topological polar surface area (TPSA) is 65.1 Å².